The minimum absolute atomic E-state index is 0.0497. The van der Waals surface area contributed by atoms with Crippen LogP contribution < -0.4 is 5.32 Å². The van der Waals surface area contributed by atoms with Gasteiger partial charge in [-0.25, -0.2) is 0 Å². The summed E-state index contributed by atoms with van der Waals surface area (Å²) in [5.41, 5.74) is 4.06. The summed E-state index contributed by atoms with van der Waals surface area (Å²) in [6, 6.07) is 19.1. The summed E-state index contributed by atoms with van der Waals surface area (Å²) in [7, 11) is 0. The van der Waals surface area contributed by atoms with Crippen molar-refractivity contribution in [2.75, 3.05) is 13.2 Å². The predicted octanol–water partition coefficient (Wildman–Crippen LogP) is 3.09. The first-order valence-corrected chi connectivity index (χ1v) is 6.90. The lowest BCUT2D eigenvalue weighted by Gasteiger charge is -2.26. The highest BCUT2D eigenvalue weighted by atomic mass is 16.5. The van der Waals surface area contributed by atoms with Crippen LogP contribution in [0.1, 0.15) is 22.9 Å². The van der Waals surface area contributed by atoms with Crippen LogP contribution in [0, 0.1) is 0 Å². The molecule has 0 aromatic heterocycles. The molecule has 0 aliphatic carbocycles. The van der Waals surface area contributed by atoms with Crippen LogP contribution in [0.25, 0.3) is 0 Å². The maximum absolute atomic E-state index is 5.83. The lowest BCUT2D eigenvalue weighted by molar-refractivity contribution is 0.0190. The zero-order valence-corrected chi connectivity index (χ0v) is 11.0. The molecule has 1 atom stereocenters. The molecule has 1 aliphatic rings. The van der Waals surface area contributed by atoms with Gasteiger partial charge in [-0.2, -0.15) is 0 Å². The molecule has 0 saturated heterocycles. The molecule has 19 heavy (non-hydrogen) atoms. The third-order valence-corrected chi connectivity index (χ3v) is 3.58. The Morgan fingerprint density at radius 3 is 2.68 bits per heavy atom. The van der Waals surface area contributed by atoms with Crippen LogP contribution in [-0.4, -0.2) is 13.2 Å². The van der Waals surface area contributed by atoms with Crippen molar-refractivity contribution in [3.63, 3.8) is 0 Å². The van der Waals surface area contributed by atoms with E-state index >= 15 is 0 Å². The molecule has 0 saturated carbocycles. The molecule has 2 heteroatoms. The Hall–Kier alpha value is -1.64. The topological polar surface area (TPSA) is 21.3 Å². The molecule has 0 radical (unpaired) electrons. The summed E-state index contributed by atoms with van der Waals surface area (Å²) in [6.45, 7) is 1.74. The molecule has 2 aromatic carbocycles. The second-order valence-electron chi connectivity index (χ2n) is 4.89. The van der Waals surface area contributed by atoms with Gasteiger partial charge in [-0.1, -0.05) is 54.6 Å². The molecule has 0 fully saturated rings. The number of hydrogen-bond acceptors (Lipinski definition) is 2. The van der Waals surface area contributed by atoms with Gasteiger partial charge in [0, 0.05) is 6.54 Å². The number of benzene rings is 2. The first-order chi connectivity index (χ1) is 9.43. The van der Waals surface area contributed by atoms with Crippen molar-refractivity contribution in [3.05, 3.63) is 71.3 Å². The lowest BCUT2D eigenvalue weighted by Crippen LogP contribution is -2.30. The van der Waals surface area contributed by atoms with E-state index in [0.29, 0.717) is 0 Å². The Bertz CT molecular complexity index is 524. The largest absolute Gasteiger partial charge is 0.359 e. The van der Waals surface area contributed by atoms with Gasteiger partial charge >= 0.3 is 0 Å². The van der Waals surface area contributed by atoms with E-state index in [9.17, 15) is 0 Å². The van der Waals surface area contributed by atoms with Gasteiger partial charge in [0.2, 0.25) is 0 Å². The number of hydrogen-bond donors (Lipinski definition) is 1. The van der Waals surface area contributed by atoms with Crippen molar-refractivity contribution in [2.45, 2.75) is 19.1 Å². The molecule has 0 spiro atoms. The van der Waals surface area contributed by atoms with Crippen molar-refractivity contribution in [3.8, 4) is 0 Å². The third kappa shape index (κ3) is 3.03. The molecule has 1 heterocycles. The Balaban J connectivity index is 1.59. The highest BCUT2D eigenvalue weighted by molar-refractivity contribution is 5.30. The van der Waals surface area contributed by atoms with Crippen LogP contribution >= 0.6 is 0 Å². The molecule has 0 amide bonds. The summed E-state index contributed by atoms with van der Waals surface area (Å²) in [5, 5.41) is 3.50. The van der Waals surface area contributed by atoms with E-state index in [0.717, 1.165) is 26.0 Å². The normalized spacial score (nSPS) is 18.0. The number of nitrogens with one attached hydrogen (secondary N) is 1. The van der Waals surface area contributed by atoms with Gasteiger partial charge < -0.3 is 4.74 Å². The van der Waals surface area contributed by atoms with E-state index in [4.69, 9.17) is 4.74 Å². The van der Waals surface area contributed by atoms with Crippen LogP contribution in [0.15, 0.2) is 54.6 Å². The van der Waals surface area contributed by atoms with Gasteiger partial charge in [0.1, 0.15) is 6.23 Å². The van der Waals surface area contributed by atoms with Crippen molar-refractivity contribution in [2.24, 2.45) is 0 Å². The second kappa shape index (κ2) is 6.00. The van der Waals surface area contributed by atoms with Crippen LogP contribution in [-0.2, 0) is 17.6 Å². The molecule has 2 nitrogen and oxygen atoms in total. The standard InChI is InChI=1S/C17H19NO/c1-2-6-14(7-3-1)10-12-18-17-16-9-5-4-8-15(16)11-13-19-17/h1-9,17-18H,10-13H2. The van der Waals surface area contributed by atoms with E-state index in [1.165, 1.54) is 16.7 Å². The first kappa shape index (κ1) is 12.4. The summed E-state index contributed by atoms with van der Waals surface area (Å²) in [5.74, 6) is 0. The lowest BCUT2D eigenvalue weighted by atomic mass is 10.0. The molecular weight excluding hydrogens is 234 g/mol. The average molecular weight is 253 g/mol. The van der Waals surface area contributed by atoms with Crippen molar-refractivity contribution < 1.29 is 4.74 Å². The summed E-state index contributed by atoms with van der Waals surface area (Å²) < 4.78 is 5.83. The molecule has 1 unspecified atom stereocenters. The van der Waals surface area contributed by atoms with Crippen molar-refractivity contribution >= 4 is 0 Å². The van der Waals surface area contributed by atoms with E-state index in [1.807, 2.05) is 0 Å². The molecule has 3 rings (SSSR count). The number of ether oxygens (including phenoxy) is 1. The molecule has 1 N–H and O–H groups in total. The Kier molecular flexibility index (Phi) is 3.92. The Morgan fingerprint density at radius 1 is 1.00 bits per heavy atom. The smallest absolute Gasteiger partial charge is 0.134 e. The predicted molar refractivity (Wildman–Crippen MR) is 77.0 cm³/mol. The van der Waals surface area contributed by atoms with Crippen LogP contribution in [0.4, 0.5) is 0 Å². The van der Waals surface area contributed by atoms with E-state index in [2.05, 4.69) is 59.9 Å². The van der Waals surface area contributed by atoms with Gasteiger partial charge in [0.25, 0.3) is 0 Å². The third-order valence-electron chi connectivity index (χ3n) is 3.58. The van der Waals surface area contributed by atoms with Gasteiger partial charge in [-0.05, 0) is 29.5 Å². The summed E-state index contributed by atoms with van der Waals surface area (Å²) >= 11 is 0. The van der Waals surface area contributed by atoms with Gasteiger partial charge in [-0.3, -0.25) is 5.32 Å². The molecule has 0 bridgehead atoms. The molecule has 98 valence electrons. The highest BCUT2D eigenvalue weighted by Crippen LogP contribution is 2.24. The van der Waals surface area contributed by atoms with Gasteiger partial charge in [-0.15, -0.1) is 0 Å². The Labute approximate surface area is 114 Å². The van der Waals surface area contributed by atoms with Gasteiger partial charge in [0.05, 0.1) is 6.61 Å². The number of fused-ring (bicyclic) bond motifs is 1. The van der Waals surface area contributed by atoms with Crippen LogP contribution in [0.3, 0.4) is 0 Å². The van der Waals surface area contributed by atoms with E-state index in [-0.39, 0.29) is 6.23 Å². The average Bonchev–Trinajstić information content (AvgIpc) is 2.49. The fourth-order valence-corrected chi connectivity index (χ4v) is 2.56. The Morgan fingerprint density at radius 2 is 1.79 bits per heavy atom. The fraction of sp³-hybridized carbons (Fsp3) is 0.294. The fourth-order valence-electron chi connectivity index (χ4n) is 2.56. The van der Waals surface area contributed by atoms with Crippen LogP contribution in [0.5, 0.6) is 0 Å². The zero-order chi connectivity index (χ0) is 12.9. The summed E-state index contributed by atoms with van der Waals surface area (Å²) in [4.78, 5) is 0. The SMILES string of the molecule is c1ccc(CCNC2OCCc3ccccc32)cc1. The highest BCUT2D eigenvalue weighted by Gasteiger charge is 2.19. The van der Waals surface area contributed by atoms with E-state index in [1.54, 1.807) is 0 Å². The van der Waals surface area contributed by atoms with Crippen molar-refractivity contribution in [1.82, 2.24) is 5.32 Å². The summed E-state index contributed by atoms with van der Waals surface area (Å²) in [6.07, 6.45) is 2.10. The quantitative estimate of drug-likeness (QED) is 0.904. The van der Waals surface area contributed by atoms with E-state index < -0.39 is 0 Å². The minimum atomic E-state index is 0.0497. The van der Waals surface area contributed by atoms with Gasteiger partial charge in [0.15, 0.2) is 0 Å². The molecule has 2 aromatic rings. The van der Waals surface area contributed by atoms with Crippen molar-refractivity contribution in [1.29, 1.82) is 0 Å². The zero-order valence-electron chi connectivity index (χ0n) is 11.0. The minimum Gasteiger partial charge on any atom is -0.359 e. The first-order valence-electron chi connectivity index (χ1n) is 6.90. The maximum atomic E-state index is 5.83. The monoisotopic (exact) mass is 253 g/mol. The molecule has 1 aliphatic heterocycles. The second-order valence-corrected chi connectivity index (χ2v) is 4.89. The number of rotatable bonds is 4. The molecular formula is C17H19NO. The van der Waals surface area contributed by atoms with Crippen LogP contribution in [0.2, 0.25) is 0 Å². The maximum Gasteiger partial charge on any atom is 0.134 e.